The molecule has 5 heteroatoms. The molecule has 0 radical (unpaired) electrons. The van der Waals surface area contributed by atoms with Crippen molar-refractivity contribution in [3.63, 3.8) is 0 Å². The minimum Gasteiger partial charge on any atom is -0.497 e. The summed E-state index contributed by atoms with van der Waals surface area (Å²) in [7, 11) is 1.58. The van der Waals surface area contributed by atoms with Crippen molar-refractivity contribution in [1.82, 2.24) is 4.98 Å². The van der Waals surface area contributed by atoms with Crippen LogP contribution in [0.25, 0.3) is 0 Å². The Labute approximate surface area is 134 Å². The lowest BCUT2D eigenvalue weighted by Crippen LogP contribution is -2.32. The predicted octanol–water partition coefficient (Wildman–Crippen LogP) is 3.73. The third kappa shape index (κ3) is 2.92. The maximum Gasteiger partial charge on any atom is 0.277 e. The topological polar surface area (TPSA) is 42.4 Å². The highest BCUT2D eigenvalue weighted by Crippen LogP contribution is 2.30. The van der Waals surface area contributed by atoms with Gasteiger partial charge in [0.05, 0.1) is 7.11 Å². The second kappa shape index (κ2) is 6.36. The average molecular weight is 317 g/mol. The largest absolute Gasteiger partial charge is 0.497 e. The molecule has 2 aromatic rings. The van der Waals surface area contributed by atoms with Crippen LogP contribution in [0.5, 0.6) is 5.75 Å². The molecular weight excluding hydrogens is 300 g/mol. The van der Waals surface area contributed by atoms with Crippen molar-refractivity contribution in [3.8, 4) is 5.75 Å². The molecule has 0 saturated carbocycles. The normalized spacial score (nSPS) is 14.2. The van der Waals surface area contributed by atoms with E-state index in [9.17, 15) is 4.79 Å². The van der Waals surface area contributed by atoms with Gasteiger partial charge in [-0.1, -0.05) is 11.6 Å². The Kier molecular flexibility index (Phi) is 4.29. The molecule has 0 fully saturated rings. The Morgan fingerprint density at radius 1 is 1.27 bits per heavy atom. The third-order valence-corrected chi connectivity index (χ3v) is 4.08. The summed E-state index contributed by atoms with van der Waals surface area (Å²) in [5, 5.41) is 0.701. The van der Waals surface area contributed by atoms with Crippen molar-refractivity contribution < 1.29 is 9.53 Å². The summed E-state index contributed by atoms with van der Waals surface area (Å²) >= 11 is 6.08. The van der Waals surface area contributed by atoms with E-state index >= 15 is 0 Å². The quantitative estimate of drug-likeness (QED) is 0.848. The van der Waals surface area contributed by atoms with Crippen LogP contribution in [0.3, 0.4) is 0 Å². The summed E-state index contributed by atoms with van der Waals surface area (Å²) in [5.74, 6) is 0.522. The van der Waals surface area contributed by atoms with Crippen molar-refractivity contribution >= 4 is 23.2 Å². The van der Waals surface area contributed by atoms with Crippen molar-refractivity contribution in [2.45, 2.75) is 19.3 Å². The van der Waals surface area contributed by atoms with Gasteiger partial charge in [-0.3, -0.25) is 9.78 Å². The van der Waals surface area contributed by atoms with E-state index in [-0.39, 0.29) is 5.91 Å². The molecule has 0 saturated heterocycles. The number of fused-ring (bicyclic) bond motifs is 1. The van der Waals surface area contributed by atoms with Gasteiger partial charge in [0.2, 0.25) is 0 Å². The number of amides is 1. The number of benzene rings is 1. The minimum atomic E-state index is -0.107. The summed E-state index contributed by atoms with van der Waals surface area (Å²) in [4.78, 5) is 18.8. The Balaban J connectivity index is 1.98. The highest BCUT2D eigenvalue weighted by atomic mass is 35.5. The Hall–Kier alpha value is -2.07. The molecule has 1 amide bonds. The number of ether oxygens (including phenoxy) is 1. The molecule has 114 valence electrons. The van der Waals surface area contributed by atoms with E-state index in [0.717, 1.165) is 30.5 Å². The summed E-state index contributed by atoms with van der Waals surface area (Å²) < 4.78 is 5.17. The van der Waals surface area contributed by atoms with Crippen LogP contribution < -0.4 is 9.64 Å². The molecular formula is C17H17ClN2O2. The molecule has 1 aromatic carbocycles. The number of carbonyl (C=O) groups is 1. The SMILES string of the molecule is COc1ccnc(C(=O)N2CCCCc3cc(Cl)ccc32)c1. The molecule has 3 rings (SSSR count). The number of hydrogen-bond acceptors (Lipinski definition) is 3. The van der Waals surface area contributed by atoms with Gasteiger partial charge in [-0.2, -0.15) is 0 Å². The maximum absolute atomic E-state index is 12.8. The molecule has 2 heterocycles. The van der Waals surface area contributed by atoms with E-state index in [1.54, 1.807) is 30.3 Å². The van der Waals surface area contributed by atoms with E-state index in [4.69, 9.17) is 16.3 Å². The molecule has 0 atom stereocenters. The molecule has 4 nitrogen and oxygen atoms in total. The van der Waals surface area contributed by atoms with Gasteiger partial charge >= 0.3 is 0 Å². The first-order valence-corrected chi connectivity index (χ1v) is 7.67. The fourth-order valence-electron chi connectivity index (χ4n) is 2.73. The van der Waals surface area contributed by atoms with Crippen LogP contribution in [0.1, 0.15) is 28.9 Å². The van der Waals surface area contributed by atoms with Gasteiger partial charge in [-0.25, -0.2) is 0 Å². The van der Waals surface area contributed by atoms with E-state index in [2.05, 4.69) is 4.98 Å². The first-order valence-electron chi connectivity index (χ1n) is 7.29. The fourth-order valence-corrected chi connectivity index (χ4v) is 2.92. The summed E-state index contributed by atoms with van der Waals surface area (Å²) in [6, 6.07) is 9.09. The van der Waals surface area contributed by atoms with Crippen molar-refractivity contribution in [2.24, 2.45) is 0 Å². The first kappa shape index (κ1) is 14.9. The van der Waals surface area contributed by atoms with Crippen LogP contribution in [0.2, 0.25) is 5.02 Å². The van der Waals surface area contributed by atoms with Crippen LogP contribution in [-0.4, -0.2) is 24.5 Å². The molecule has 0 spiro atoms. The average Bonchev–Trinajstić information content (AvgIpc) is 2.76. The summed E-state index contributed by atoms with van der Waals surface area (Å²) in [5.41, 5.74) is 2.43. The fraction of sp³-hybridized carbons (Fsp3) is 0.294. The molecule has 1 aliphatic rings. The van der Waals surface area contributed by atoms with Crippen molar-refractivity contribution in [1.29, 1.82) is 0 Å². The monoisotopic (exact) mass is 316 g/mol. The van der Waals surface area contributed by atoms with Crippen LogP contribution in [-0.2, 0) is 6.42 Å². The van der Waals surface area contributed by atoms with Gasteiger partial charge in [0.15, 0.2) is 0 Å². The molecule has 0 aliphatic carbocycles. The number of carbonyl (C=O) groups excluding carboxylic acids is 1. The first-order chi connectivity index (χ1) is 10.7. The lowest BCUT2D eigenvalue weighted by molar-refractivity contribution is 0.0982. The number of hydrogen-bond donors (Lipinski definition) is 0. The number of anilines is 1. The minimum absolute atomic E-state index is 0.107. The number of aromatic nitrogens is 1. The van der Waals surface area contributed by atoms with Gasteiger partial charge in [-0.05, 0) is 49.1 Å². The van der Waals surface area contributed by atoms with E-state index in [1.807, 2.05) is 18.2 Å². The Bertz CT molecular complexity index is 703. The molecule has 0 N–H and O–H groups in total. The van der Waals surface area contributed by atoms with Crippen LogP contribution in [0.4, 0.5) is 5.69 Å². The highest BCUT2D eigenvalue weighted by Gasteiger charge is 2.23. The Morgan fingerprint density at radius 3 is 2.95 bits per heavy atom. The molecule has 0 unspecified atom stereocenters. The van der Waals surface area contributed by atoms with Gasteiger partial charge in [0.25, 0.3) is 5.91 Å². The maximum atomic E-state index is 12.8. The van der Waals surface area contributed by atoms with Gasteiger partial charge < -0.3 is 9.64 Å². The molecule has 0 bridgehead atoms. The zero-order valence-corrected chi connectivity index (χ0v) is 13.1. The Morgan fingerprint density at radius 2 is 2.14 bits per heavy atom. The van der Waals surface area contributed by atoms with E-state index < -0.39 is 0 Å². The number of halogens is 1. The van der Waals surface area contributed by atoms with Crippen LogP contribution in [0.15, 0.2) is 36.5 Å². The molecule has 22 heavy (non-hydrogen) atoms. The standard InChI is InChI=1S/C17H17ClN2O2/c1-22-14-7-8-19-15(11-14)17(21)20-9-3-2-4-12-10-13(18)5-6-16(12)20/h5-8,10-11H,2-4,9H2,1H3. The van der Waals surface area contributed by atoms with Crippen LogP contribution >= 0.6 is 11.6 Å². The predicted molar refractivity (Wildman–Crippen MR) is 86.9 cm³/mol. The zero-order valence-electron chi connectivity index (χ0n) is 12.4. The van der Waals surface area contributed by atoms with Gasteiger partial charge in [0.1, 0.15) is 11.4 Å². The van der Waals surface area contributed by atoms with Crippen molar-refractivity contribution in [2.75, 3.05) is 18.6 Å². The lowest BCUT2D eigenvalue weighted by atomic mass is 10.1. The zero-order chi connectivity index (χ0) is 15.5. The third-order valence-electron chi connectivity index (χ3n) is 3.84. The number of rotatable bonds is 2. The van der Waals surface area contributed by atoms with E-state index in [1.165, 1.54) is 0 Å². The summed E-state index contributed by atoms with van der Waals surface area (Å²) in [6.07, 6.45) is 4.53. The number of pyridine rings is 1. The molecule has 1 aliphatic heterocycles. The summed E-state index contributed by atoms with van der Waals surface area (Å²) in [6.45, 7) is 0.687. The number of methoxy groups -OCH3 is 1. The highest BCUT2D eigenvalue weighted by molar-refractivity contribution is 6.30. The van der Waals surface area contributed by atoms with Gasteiger partial charge in [-0.15, -0.1) is 0 Å². The lowest BCUT2D eigenvalue weighted by Gasteiger charge is -2.22. The second-order valence-corrected chi connectivity index (χ2v) is 5.70. The molecule has 1 aromatic heterocycles. The van der Waals surface area contributed by atoms with Gasteiger partial charge in [0, 0.05) is 29.5 Å². The number of nitrogens with zero attached hydrogens (tertiary/aromatic N) is 2. The van der Waals surface area contributed by atoms with E-state index in [0.29, 0.717) is 23.0 Å². The second-order valence-electron chi connectivity index (χ2n) is 5.27. The smallest absolute Gasteiger partial charge is 0.277 e. The number of aryl methyl sites for hydroxylation is 1. The van der Waals surface area contributed by atoms with Crippen molar-refractivity contribution in [3.05, 3.63) is 52.8 Å². The van der Waals surface area contributed by atoms with Crippen LogP contribution in [0, 0.1) is 0 Å².